The maximum absolute atomic E-state index is 11.5. The molecule has 0 radical (unpaired) electrons. The first-order valence-corrected chi connectivity index (χ1v) is 5.36. The van der Waals surface area contributed by atoms with Gasteiger partial charge in [-0.05, 0) is 24.6 Å². The molecule has 92 valence electrons. The van der Waals surface area contributed by atoms with Crippen molar-refractivity contribution in [1.82, 2.24) is 0 Å². The first-order valence-electron chi connectivity index (χ1n) is 5.36. The highest BCUT2D eigenvalue weighted by Crippen LogP contribution is 2.19. The second kappa shape index (κ2) is 4.18. The van der Waals surface area contributed by atoms with Crippen molar-refractivity contribution >= 4 is 16.7 Å². The van der Waals surface area contributed by atoms with Crippen molar-refractivity contribution in [3.63, 3.8) is 0 Å². The van der Waals surface area contributed by atoms with Crippen molar-refractivity contribution < 1.29 is 9.53 Å². The van der Waals surface area contributed by atoms with Gasteiger partial charge in [0.1, 0.15) is 6.10 Å². The molecule has 0 aromatic heterocycles. The van der Waals surface area contributed by atoms with Gasteiger partial charge in [0.25, 0.3) is 5.43 Å². The maximum atomic E-state index is 11.5. The van der Waals surface area contributed by atoms with E-state index in [1.54, 1.807) is 13.0 Å². The Labute approximate surface area is 101 Å². The molecule has 2 aromatic rings. The summed E-state index contributed by atoms with van der Waals surface area (Å²) in [6.45, 7) is 2.92. The number of fused-ring (bicyclic) bond motifs is 1. The summed E-state index contributed by atoms with van der Waals surface area (Å²) in [7, 11) is 0. The second-order valence-corrected chi connectivity index (χ2v) is 4.04. The topological polar surface area (TPSA) is 77.5 Å². The van der Waals surface area contributed by atoms with E-state index in [4.69, 9.17) is 4.74 Å². The van der Waals surface area contributed by atoms with Crippen LogP contribution in [0.4, 0.5) is 0 Å². The second-order valence-electron chi connectivity index (χ2n) is 4.04. The van der Waals surface area contributed by atoms with Gasteiger partial charge in [-0.1, -0.05) is 6.07 Å². The normalized spacial score (nSPS) is 12.6. The summed E-state index contributed by atoms with van der Waals surface area (Å²) in [4.78, 5) is 45.0. The minimum absolute atomic E-state index is 0.0847. The Bertz CT molecular complexity index is 765. The summed E-state index contributed by atoms with van der Waals surface area (Å²) < 4.78 is 4.96. The van der Waals surface area contributed by atoms with Crippen LogP contribution in [0, 0.1) is 0 Å². The van der Waals surface area contributed by atoms with Gasteiger partial charge in [0.2, 0.25) is 10.9 Å². The largest absolute Gasteiger partial charge is 0.458 e. The molecule has 0 aliphatic carbocycles. The number of hydrogen-bond acceptors (Lipinski definition) is 5. The molecule has 0 saturated carbocycles. The summed E-state index contributed by atoms with van der Waals surface area (Å²) in [5, 5.41) is 0.199. The van der Waals surface area contributed by atoms with Crippen LogP contribution in [0.15, 0.2) is 32.6 Å². The fourth-order valence-corrected chi connectivity index (χ4v) is 1.87. The van der Waals surface area contributed by atoms with E-state index in [1.807, 2.05) is 0 Å². The van der Waals surface area contributed by atoms with E-state index in [-0.39, 0.29) is 10.8 Å². The van der Waals surface area contributed by atoms with Crippen molar-refractivity contribution in [2.45, 2.75) is 20.0 Å². The molecule has 0 fully saturated rings. The van der Waals surface area contributed by atoms with Crippen molar-refractivity contribution in [2.75, 3.05) is 0 Å². The number of rotatable bonds is 2. The number of esters is 1. The molecule has 0 amide bonds. The molecule has 0 spiro atoms. The Morgan fingerprint density at radius 3 is 2.28 bits per heavy atom. The van der Waals surface area contributed by atoms with Crippen molar-refractivity contribution in [2.24, 2.45) is 0 Å². The van der Waals surface area contributed by atoms with E-state index in [0.717, 1.165) is 0 Å². The number of carbonyl (C=O) groups is 1. The summed E-state index contributed by atoms with van der Waals surface area (Å²) in [6.07, 6.45) is -0.536. The Hall–Kier alpha value is -2.30. The molecule has 0 aliphatic rings. The van der Waals surface area contributed by atoms with E-state index in [9.17, 15) is 19.2 Å². The van der Waals surface area contributed by atoms with Gasteiger partial charge < -0.3 is 4.74 Å². The van der Waals surface area contributed by atoms with Crippen LogP contribution in [0.3, 0.4) is 0 Å². The molecule has 5 nitrogen and oxygen atoms in total. The third-order valence-corrected chi connectivity index (χ3v) is 2.76. The Balaban J connectivity index is 2.61. The van der Waals surface area contributed by atoms with Crippen LogP contribution in [-0.2, 0) is 9.53 Å². The van der Waals surface area contributed by atoms with Gasteiger partial charge in [-0.2, -0.15) is 0 Å². The predicted octanol–water partition coefficient (Wildman–Crippen LogP) is 0.420. The Kier molecular flexibility index (Phi) is 2.82. The van der Waals surface area contributed by atoms with E-state index in [1.165, 1.54) is 19.1 Å². The summed E-state index contributed by atoms with van der Waals surface area (Å²) in [5.74, 6) is -0.443. The van der Waals surface area contributed by atoms with Gasteiger partial charge >= 0.3 is 5.97 Å². The van der Waals surface area contributed by atoms with Crippen LogP contribution < -0.4 is 16.3 Å². The van der Waals surface area contributed by atoms with E-state index in [0.29, 0.717) is 5.56 Å². The predicted molar refractivity (Wildman–Crippen MR) is 65.3 cm³/mol. The maximum Gasteiger partial charge on any atom is 0.303 e. The molecule has 0 N–H and O–H groups in total. The zero-order chi connectivity index (χ0) is 13.4. The highest BCUT2D eigenvalue weighted by Gasteiger charge is 2.15. The lowest BCUT2D eigenvalue weighted by Crippen LogP contribution is -2.29. The Morgan fingerprint density at radius 1 is 1.06 bits per heavy atom. The monoisotopic (exact) mass is 246 g/mol. The van der Waals surface area contributed by atoms with Gasteiger partial charge in [-0.25, -0.2) is 0 Å². The van der Waals surface area contributed by atoms with Gasteiger partial charge in [0, 0.05) is 17.7 Å². The standard InChI is InChI=1S/C13H10O5/c1-6(18-7(2)14)8-3-4-9-10(5-8)12(16)13(17)11(9)15/h3-6H,1-2H3. The third kappa shape index (κ3) is 1.84. The molecule has 2 aromatic carbocycles. The van der Waals surface area contributed by atoms with Crippen LogP contribution in [0.25, 0.3) is 10.8 Å². The Morgan fingerprint density at radius 2 is 1.67 bits per heavy atom. The molecule has 2 rings (SSSR count). The van der Waals surface area contributed by atoms with Gasteiger partial charge in [-0.15, -0.1) is 0 Å². The van der Waals surface area contributed by atoms with Gasteiger partial charge in [-0.3, -0.25) is 19.2 Å². The molecule has 0 aliphatic heterocycles. The fourth-order valence-electron chi connectivity index (χ4n) is 1.87. The van der Waals surface area contributed by atoms with Crippen LogP contribution in [0.1, 0.15) is 25.5 Å². The number of benzene rings is 1. The van der Waals surface area contributed by atoms with E-state index in [2.05, 4.69) is 0 Å². The van der Waals surface area contributed by atoms with Crippen molar-refractivity contribution in [3.05, 3.63) is 54.4 Å². The van der Waals surface area contributed by atoms with Crippen molar-refractivity contribution in [1.29, 1.82) is 0 Å². The first kappa shape index (κ1) is 12.2. The molecule has 1 unspecified atom stereocenters. The SMILES string of the molecule is CC(=O)OC(C)c1ccc2c(=O)c(=O)c(=O)c2c1. The molecular formula is C13H10O5. The smallest absolute Gasteiger partial charge is 0.303 e. The average molecular weight is 246 g/mol. The number of carbonyl (C=O) groups excluding carboxylic acids is 1. The lowest BCUT2D eigenvalue weighted by Gasteiger charge is -2.11. The molecule has 18 heavy (non-hydrogen) atoms. The number of hydrogen-bond donors (Lipinski definition) is 0. The highest BCUT2D eigenvalue weighted by atomic mass is 16.5. The summed E-state index contributed by atoms with van der Waals surface area (Å²) >= 11 is 0. The molecular weight excluding hydrogens is 236 g/mol. The molecule has 0 bridgehead atoms. The summed E-state index contributed by atoms with van der Waals surface area (Å²) in [6, 6.07) is 4.40. The zero-order valence-corrected chi connectivity index (χ0v) is 9.85. The van der Waals surface area contributed by atoms with Crippen LogP contribution in [-0.4, -0.2) is 5.97 Å². The molecule has 1 atom stereocenters. The molecule has 0 saturated heterocycles. The van der Waals surface area contributed by atoms with E-state index < -0.39 is 28.4 Å². The quantitative estimate of drug-likeness (QED) is 0.567. The number of ether oxygens (including phenoxy) is 1. The average Bonchev–Trinajstić information content (AvgIpc) is 2.53. The lowest BCUT2D eigenvalue weighted by atomic mass is 10.1. The highest BCUT2D eigenvalue weighted by molar-refractivity contribution is 5.84. The molecule has 5 heteroatoms. The fraction of sp³-hybridized carbons (Fsp3) is 0.231. The minimum Gasteiger partial charge on any atom is -0.458 e. The minimum atomic E-state index is -1.01. The first-order chi connectivity index (χ1) is 8.41. The zero-order valence-electron chi connectivity index (χ0n) is 9.85. The summed E-state index contributed by atoms with van der Waals surface area (Å²) in [5.41, 5.74) is -2.02. The lowest BCUT2D eigenvalue weighted by molar-refractivity contribution is -0.145. The molecule has 0 heterocycles. The van der Waals surface area contributed by atoms with Crippen LogP contribution >= 0.6 is 0 Å². The van der Waals surface area contributed by atoms with E-state index >= 15 is 0 Å². The van der Waals surface area contributed by atoms with Crippen LogP contribution in [0.2, 0.25) is 0 Å². The van der Waals surface area contributed by atoms with Gasteiger partial charge in [0.15, 0.2) is 0 Å². The third-order valence-electron chi connectivity index (χ3n) is 2.76. The van der Waals surface area contributed by atoms with Gasteiger partial charge in [0.05, 0.1) is 0 Å². The van der Waals surface area contributed by atoms with Crippen molar-refractivity contribution in [3.8, 4) is 0 Å². The van der Waals surface area contributed by atoms with Crippen LogP contribution in [0.5, 0.6) is 0 Å².